The van der Waals surface area contributed by atoms with Gasteiger partial charge in [-0.15, -0.1) is 0 Å². The van der Waals surface area contributed by atoms with Crippen molar-refractivity contribution in [2.45, 2.75) is 6.42 Å². The summed E-state index contributed by atoms with van der Waals surface area (Å²) in [5.41, 5.74) is -0.875. The van der Waals surface area contributed by atoms with Gasteiger partial charge in [0.05, 0.1) is 0 Å². The Balaban J connectivity index is 2.40. The number of hydrogen-bond acceptors (Lipinski definition) is 2. The maximum atomic E-state index is 11.2. The van der Waals surface area contributed by atoms with Crippen LogP contribution in [0.3, 0.4) is 0 Å². The summed E-state index contributed by atoms with van der Waals surface area (Å²) in [6.07, 6.45) is 3.75. The van der Waals surface area contributed by atoms with Gasteiger partial charge in [-0.25, -0.2) is 0 Å². The molecule has 2 rings (SSSR count). The van der Waals surface area contributed by atoms with Gasteiger partial charge in [0.1, 0.15) is 5.41 Å². The normalized spacial score (nSPS) is 34.5. The van der Waals surface area contributed by atoms with Gasteiger partial charge in [-0.05, 0) is 12.5 Å². The average molecular weight is 152 g/mol. The highest BCUT2D eigenvalue weighted by molar-refractivity contribution is 6.10. The fraction of sp³-hybridized carbons (Fsp3) is 0.429. The molecule has 1 unspecified atom stereocenters. The lowest BCUT2D eigenvalue weighted by Crippen LogP contribution is -2.38. The van der Waals surface area contributed by atoms with Gasteiger partial charge >= 0.3 is 0 Å². The van der Waals surface area contributed by atoms with Gasteiger partial charge in [-0.2, -0.15) is 0 Å². The molecule has 0 aromatic carbocycles. The van der Waals surface area contributed by atoms with Crippen LogP contribution in [0.5, 0.6) is 0 Å². The number of amides is 2. The van der Waals surface area contributed by atoms with E-state index in [1.807, 2.05) is 0 Å². The Bertz CT molecular complexity index is 259. The lowest BCUT2D eigenvalue weighted by Gasteiger charge is -2.12. The first kappa shape index (κ1) is 6.39. The van der Waals surface area contributed by atoms with Crippen LogP contribution in [0.4, 0.5) is 0 Å². The van der Waals surface area contributed by atoms with E-state index < -0.39 is 5.41 Å². The van der Waals surface area contributed by atoms with E-state index >= 15 is 0 Å². The molecule has 0 radical (unpaired) electrons. The number of carbonyl (C=O) groups is 2. The van der Waals surface area contributed by atoms with Crippen LogP contribution in [-0.2, 0) is 9.59 Å². The third-order valence-electron chi connectivity index (χ3n) is 2.20. The van der Waals surface area contributed by atoms with E-state index in [1.165, 1.54) is 6.20 Å². The van der Waals surface area contributed by atoms with Crippen molar-refractivity contribution in [3.05, 3.63) is 12.3 Å². The third kappa shape index (κ3) is 0.636. The van der Waals surface area contributed by atoms with Crippen molar-refractivity contribution in [1.29, 1.82) is 0 Å². The van der Waals surface area contributed by atoms with Gasteiger partial charge in [0.25, 0.3) is 0 Å². The lowest BCUT2D eigenvalue weighted by atomic mass is 9.87. The lowest BCUT2D eigenvalue weighted by molar-refractivity contribution is -0.136. The van der Waals surface area contributed by atoms with E-state index in [0.29, 0.717) is 13.0 Å². The molecule has 0 saturated carbocycles. The first-order chi connectivity index (χ1) is 5.26. The second kappa shape index (κ2) is 1.84. The smallest absolute Gasteiger partial charge is 0.243 e. The molecular formula is C7H8N2O2. The molecule has 2 aliphatic rings. The van der Waals surface area contributed by atoms with E-state index in [9.17, 15) is 9.59 Å². The molecule has 4 heteroatoms. The molecule has 0 aromatic rings. The van der Waals surface area contributed by atoms with E-state index in [0.717, 1.165) is 0 Å². The first-order valence-electron chi connectivity index (χ1n) is 3.53. The summed E-state index contributed by atoms with van der Waals surface area (Å²) in [6, 6.07) is 0. The standard InChI is InChI=1S/C7H8N2O2/c10-5-7(1-3-8-5)2-4-9-6(7)11/h1,3H,2,4H2,(H,8,10)(H,9,11). The predicted octanol–water partition coefficient (Wildman–Crippen LogP) is -0.864. The molecule has 1 saturated heterocycles. The van der Waals surface area contributed by atoms with E-state index in [2.05, 4.69) is 10.6 Å². The number of hydrogen-bond donors (Lipinski definition) is 2. The molecule has 11 heavy (non-hydrogen) atoms. The molecule has 1 atom stereocenters. The largest absolute Gasteiger partial charge is 0.355 e. The van der Waals surface area contributed by atoms with Crippen LogP contribution < -0.4 is 10.6 Å². The van der Waals surface area contributed by atoms with Crippen LogP contribution >= 0.6 is 0 Å². The van der Waals surface area contributed by atoms with Crippen molar-refractivity contribution in [1.82, 2.24) is 10.6 Å². The minimum Gasteiger partial charge on any atom is -0.355 e. The second-order valence-corrected chi connectivity index (χ2v) is 2.78. The molecule has 0 aliphatic carbocycles. The number of nitrogens with one attached hydrogen (secondary N) is 2. The Morgan fingerprint density at radius 3 is 2.64 bits per heavy atom. The van der Waals surface area contributed by atoms with Crippen LogP contribution in [0.1, 0.15) is 6.42 Å². The molecule has 0 bridgehead atoms. The van der Waals surface area contributed by atoms with Crippen molar-refractivity contribution in [3.63, 3.8) is 0 Å². The molecule has 2 aliphatic heterocycles. The molecule has 2 amide bonds. The van der Waals surface area contributed by atoms with Crippen LogP contribution in [0.15, 0.2) is 12.3 Å². The fourth-order valence-electron chi connectivity index (χ4n) is 1.48. The predicted molar refractivity (Wildman–Crippen MR) is 37.3 cm³/mol. The fourth-order valence-corrected chi connectivity index (χ4v) is 1.48. The highest BCUT2D eigenvalue weighted by atomic mass is 16.2. The third-order valence-corrected chi connectivity index (χ3v) is 2.20. The van der Waals surface area contributed by atoms with Crippen LogP contribution in [0, 0.1) is 5.41 Å². The molecular weight excluding hydrogens is 144 g/mol. The Kier molecular flexibility index (Phi) is 1.07. The molecule has 58 valence electrons. The molecule has 1 spiro atoms. The van der Waals surface area contributed by atoms with E-state index in [4.69, 9.17) is 0 Å². The average Bonchev–Trinajstić information content (AvgIpc) is 2.48. The van der Waals surface area contributed by atoms with Gasteiger partial charge in [0.15, 0.2) is 0 Å². The summed E-state index contributed by atoms with van der Waals surface area (Å²) in [4.78, 5) is 22.4. The van der Waals surface area contributed by atoms with Gasteiger partial charge in [-0.1, -0.05) is 0 Å². The summed E-state index contributed by atoms with van der Waals surface area (Å²) in [5.74, 6) is -0.378. The maximum absolute atomic E-state index is 11.2. The highest BCUT2D eigenvalue weighted by Gasteiger charge is 2.48. The van der Waals surface area contributed by atoms with Crippen molar-refractivity contribution >= 4 is 11.8 Å². The minimum absolute atomic E-state index is 0.177. The summed E-state index contributed by atoms with van der Waals surface area (Å²) in [6.45, 7) is 0.594. The first-order valence-corrected chi connectivity index (χ1v) is 3.53. The van der Waals surface area contributed by atoms with Crippen LogP contribution in [-0.4, -0.2) is 18.4 Å². The zero-order valence-electron chi connectivity index (χ0n) is 5.89. The zero-order valence-corrected chi connectivity index (χ0v) is 5.89. The molecule has 4 nitrogen and oxygen atoms in total. The van der Waals surface area contributed by atoms with Crippen molar-refractivity contribution in [3.8, 4) is 0 Å². The zero-order chi connectivity index (χ0) is 7.90. The Labute approximate surface area is 63.7 Å². The molecule has 2 N–H and O–H groups in total. The maximum Gasteiger partial charge on any atom is 0.243 e. The SMILES string of the molecule is O=C1NC=CC12CCNC2=O. The Hall–Kier alpha value is -1.32. The quantitative estimate of drug-likeness (QED) is 0.443. The summed E-state index contributed by atoms with van der Waals surface area (Å²) >= 11 is 0. The van der Waals surface area contributed by atoms with Crippen molar-refractivity contribution in [2.24, 2.45) is 5.41 Å². The topological polar surface area (TPSA) is 58.2 Å². The van der Waals surface area contributed by atoms with Gasteiger partial charge in [0, 0.05) is 12.7 Å². The number of carbonyl (C=O) groups excluding carboxylic acids is 2. The van der Waals surface area contributed by atoms with Crippen LogP contribution in [0.25, 0.3) is 0 Å². The molecule has 1 fully saturated rings. The second-order valence-electron chi connectivity index (χ2n) is 2.78. The Morgan fingerprint density at radius 1 is 1.36 bits per heavy atom. The van der Waals surface area contributed by atoms with Gasteiger partial charge < -0.3 is 10.6 Å². The van der Waals surface area contributed by atoms with Crippen molar-refractivity contribution < 1.29 is 9.59 Å². The minimum atomic E-state index is -0.875. The summed E-state index contributed by atoms with van der Waals surface area (Å²) in [7, 11) is 0. The molecule has 0 aromatic heterocycles. The summed E-state index contributed by atoms with van der Waals surface area (Å²) in [5, 5.41) is 5.13. The van der Waals surface area contributed by atoms with Crippen LogP contribution in [0.2, 0.25) is 0 Å². The molecule has 2 heterocycles. The van der Waals surface area contributed by atoms with E-state index in [1.54, 1.807) is 6.08 Å². The summed E-state index contributed by atoms with van der Waals surface area (Å²) < 4.78 is 0. The monoisotopic (exact) mass is 152 g/mol. The van der Waals surface area contributed by atoms with E-state index in [-0.39, 0.29) is 11.8 Å². The number of rotatable bonds is 0. The van der Waals surface area contributed by atoms with Gasteiger partial charge in [0.2, 0.25) is 11.8 Å². The van der Waals surface area contributed by atoms with Crippen molar-refractivity contribution in [2.75, 3.05) is 6.54 Å². The van der Waals surface area contributed by atoms with Gasteiger partial charge in [-0.3, -0.25) is 9.59 Å². The highest BCUT2D eigenvalue weighted by Crippen LogP contribution is 2.31. The Morgan fingerprint density at radius 2 is 2.18 bits per heavy atom.